The van der Waals surface area contributed by atoms with Crippen molar-refractivity contribution in [3.05, 3.63) is 0 Å². The van der Waals surface area contributed by atoms with E-state index in [0.717, 1.165) is 0 Å². The zero-order valence-corrected chi connectivity index (χ0v) is 28.5. The van der Waals surface area contributed by atoms with Gasteiger partial charge in [-0.25, -0.2) is 0 Å². The fourth-order valence-electron chi connectivity index (χ4n) is 3.41. The van der Waals surface area contributed by atoms with Crippen LogP contribution in [-0.2, 0) is 26.9 Å². The van der Waals surface area contributed by atoms with Gasteiger partial charge in [0.1, 0.15) is 24.4 Å². The predicted octanol–water partition coefficient (Wildman–Crippen LogP) is 6.07. The van der Waals surface area contributed by atoms with Gasteiger partial charge < -0.3 is 26.9 Å². The maximum absolute atomic E-state index is 6.85. The summed E-state index contributed by atoms with van der Waals surface area (Å²) in [7, 11) is -9.37. The molecule has 0 aliphatic carbocycles. The summed E-state index contributed by atoms with van der Waals surface area (Å²) in [4.78, 5) is 0. The Bertz CT molecular complexity index is 586. The minimum Gasteiger partial charge on any atom is -0.415 e. The van der Waals surface area contributed by atoms with Gasteiger partial charge in [-0.3, -0.25) is 0 Å². The van der Waals surface area contributed by atoms with Crippen LogP contribution in [0.4, 0.5) is 0 Å². The van der Waals surface area contributed by atoms with Crippen molar-refractivity contribution in [1.29, 1.82) is 0 Å². The molecule has 5 atom stereocenters. The van der Waals surface area contributed by atoms with Crippen LogP contribution >= 0.6 is 0 Å². The maximum atomic E-state index is 6.85. The third kappa shape index (κ3) is 12.5. The van der Waals surface area contributed by atoms with Gasteiger partial charge in [-0.05, 0) is 98.2 Å². The Morgan fingerprint density at radius 1 is 0.469 bits per heavy atom. The minimum absolute atomic E-state index is 0.243. The highest BCUT2D eigenvalue weighted by Gasteiger charge is 2.52. The van der Waals surface area contributed by atoms with E-state index >= 15 is 0 Å². The van der Waals surface area contributed by atoms with Gasteiger partial charge in [0.05, 0.1) is 6.61 Å². The Kier molecular flexibility index (Phi) is 10.5. The van der Waals surface area contributed by atoms with E-state index in [1.54, 1.807) is 0 Å². The molecule has 0 aromatic carbocycles. The Balaban J connectivity index is 3.50. The molecule has 11 heteroatoms. The molecular formula is C21H52O6Si5. The standard InChI is InChI=1S/C21H52O6Si5/c1-28(2,3)22-16-17-18(24-29(4,5)6)19(25-30(7,8)9)20(26-31(10,11)12)21(23-17)27-32(13,14)15/h17-21H,16H2,1-15H3/t17-,18+,19+,20+,21?/m0/s1. The lowest BCUT2D eigenvalue weighted by Gasteiger charge is -2.51. The first kappa shape index (κ1) is 30.9. The number of hydrogen-bond acceptors (Lipinski definition) is 6. The normalized spacial score (nSPS) is 28.8. The Hall–Kier alpha value is 0.844. The van der Waals surface area contributed by atoms with E-state index in [0.29, 0.717) is 6.61 Å². The fourth-order valence-corrected chi connectivity index (χ4v) is 8.21. The molecule has 0 aromatic heterocycles. The average Bonchev–Trinajstić information content (AvgIpc) is 2.45. The van der Waals surface area contributed by atoms with Crippen molar-refractivity contribution in [1.82, 2.24) is 0 Å². The fraction of sp³-hybridized carbons (Fsp3) is 1.00. The predicted molar refractivity (Wildman–Crippen MR) is 147 cm³/mol. The average molecular weight is 541 g/mol. The molecule has 0 spiro atoms. The third-order valence-electron chi connectivity index (χ3n) is 4.21. The van der Waals surface area contributed by atoms with Crippen LogP contribution in [-0.4, -0.2) is 78.9 Å². The van der Waals surface area contributed by atoms with Crippen LogP contribution in [0.5, 0.6) is 0 Å². The monoisotopic (exact) mass is 540 g/mol. The van der Waals surface area contributed by atoms with E-state index in [-0.39, 0.29) is 24.4 Å². The first-order valence-corrected chi connectivity index (χ1v) is 29.0. The Morgan fingerprint density at radius 3 is 1.22 bits per heavy atom. The van der Waals surface area contributed by atoms with Gasteiger partial charge in [-0.2, -0.15) is 0 Å². The smallest absolute Gasteiger partial charge is 0.187 e. The second-order valence-electron chi connectivity index (χ2n) is 13.8. The molecule has 0 N–H and O–H groups in total. The lowest BCUT2D eigenvalue weighted by molar-refractivity contribution is -0.268. The summed E-state index contributed by atoms with van der Waals surface area (Å²) in [5.74, 6) is 0. The molecule has 1 fully saturated rings. The molecule has 0 saturated carbocycles. The van der Waals surface area contributed by atoms with Gasteiger partial charge in [0, 0.05) is 0 Å². The van der Waals surface area contributed by atoms with Crippen molar-refractivity contribution >= 4 is 41.6 Å². The molecule has 0 radical (unpaired) electrons. The topological polar surface area (TPSA) is 55.4 Å². The molecule has 1 unspecified atom stereocenters. The third-order valence-corrected chi connectivity index (χ3v) is 9.12. The van der Waals surface area contributed by atoms with Gasteiger partial charge in [0.25, 0.3) is 0 Å². The van der Waals surface area contributed by atoms with E-state index in [4.69, 9.17) is 26.9 Å². The van der Waals surface area contributed by atoms with Gasteiger partial charge in [-0.15, -0.1) is 0 Å². The Labute approximate surface area is 203 Å². The second-order valence-corrected chi connectivity index (χ2v) is 36.1. The van der Waals surface area contributed by atoms with Gasteiger partial charge in [0.15, 0.2) is 47.9 Å². The van der Waals surface area contributed by atoms with Crippen LogP contribution in [0.25, 0.3) is 0 Å². The quantitative estimate of drug-likeness (QED) is 0.296. The first-order valence-electron chi connectivity index (χ1n) is 12.0. The molecular weight excluding hydrogens is 489 g/mol. The van der Waals surface area contributed by atoms with Crippen LogP contribution in [0.2, 0.25) is 98.2 Å². The van der Waals surface area contributed by atoms with E-state index in [9.17, 15) is 0 Å². The molecule has 6 nitrogen and oxygen atoms in total. The molecule has 1 heterocycles. The van der Waals surface area contributed by atoms with Crippen molar-refractivity contribution in [3.63, 3.8) is 0 Å². The Morgan fingerprint density at radius 2 is 0.844 bits per heavy atom. The molecule has 1 aliphatic heterocycles. The summed E-state index contributed by atoms with van der Waals surface area (Å²) in [6, 6.07) is 0. The molecule has 0 aromatic rings. The van der Waals surface area contributed by atoms with Gasteiger partial charge >= 0.3 is 0 Å². The highest BCUT2D eigenvalue weighted by atomic mass is 28.4. The van der Waals surface area contributed by atoms with Crippen LogP contribution in [0.15, 0.2) is 0 Å². The van der Waals surface area contributed by atoms with Crippen molar-refractivity contribution < 1.29 is 26.9 Å². The van der Waals surface area contributed by atoms with E-state index in [1.165, 1.54) is 0 Å². The summed E-state index contributed by atoms with van der Waals surface area (Å²) in [5.41, 5.74) is 0. The number of rotatable bonds is 11. The molecule has 32 heavy (non-hydrogen) atoms. The van der Waals surface area contributed by atoms with Crippen LogP contribution in [0.1, 0.15) is 0 Å². The molecule has 0 amide bonds. The van der Waals surface area contributed by atoms with Crippen LogP contribution in [0, 0.1) is 0 Å². The zero-order valence-electron chi connectivity index (χ0n) is 23.5. The van der Waals surface area contributed by atoms with Crippen molar-refractivity contribution in [2.24, 2.45) is 0 Å². The molecule has 192 valence electrons. The summed E-state index contributed by atoms with van der Waals surface area (Å²) in [6.07, 6.45) is -1.54. The molecule has 0 bridgehead atoms. The second kappa shape index (κ2) is 10.8. The van der Waals surface area contributed by atoms with Crippen LogP contribution < -0.4 is 0 Å². The zero-order chi connectivity index (χ0) is 25.3. The number of hydrogen-bond donors (Lipinski definition) is 0. The van der Waals surface area contributed by atoms with E-state index < -0.39 is 47.9 Å². The van der Waals surface area contributed by atoms with Crippen LogP contribution in [0.3, 0.4) is 0 Å². The van der Waals surface area contributed by atoms with E-state index in [2.05, 4.69) is 98.2 Å². The SMILES string of the molecule is C[Si](C)(C)OC[C@@H]1OC(O[Si](C)(C)C)[C@H](O[Si](C)(C)C)[C@H](O[Si](C)(C)C)[C@@H]1O[Si](C)(C)C. The summed E-state index contributed by atoms with van der Waals surface area (Å²) in [5, 5.41) is 0. The largest absolute Gasteiger partial charge is 0.415 e. The van der Waals surface area contributed by atoms with Crippen molar-refractivity contribution in [2.75, 3.05) is 6.61 Å². The lowest BCUT2D eigenvalue weighted by atomic mass is 9.99. The maximum Gasteiger partial charge on any atom is 0.187 e. The summed E-state index contributed by atoms with van der Waals surface area (Å²) >= 11 is 0. The molecule has 1 saturated heterocycles. The van der Waals surface area contributed by atoms with Crippen molar-refractivity contribution in [3.8, 4) is 0 Å². The highest BCUT2D eigenvalue weighted by Crippen LogP contribution is 2.35. The molecule has 1 rings (SSSR count). The first-order chi connectivity index (χ1) is 14.0. The van der Waals surface area contributed by atoms with Gasteiger partial charge in [0.2, 0.25) is 0 Å². The summed E-state index contributed by atoms with van der Waals surface area (Å²) < 4.78 is 39.9. The summed E-state index contributed by atoms with van der Waals surface area (Å²) in [6.45, 7) is 33.6. The lowest BCUT2D eigenvalue weighted by Crippen LogP contribution is -2.67. The minimum atomic E-state index is -1.92. The molecule has 1 aliphatic rings. The van der Waals surface area contributed by atoms with Crippen molar-refractivity contribution in [2.45, 2.75) is 129 Å². The highest BCUT2D eigenvalue weighted by molar-refractivity contribution is 6.71. The van der Waals surface area contributed by atoms with E-state index in [1.807, 2.05) is 0 Å². The number of ether oxygens (including phenoxy) is 1. The van der Waals surface area contributed by atoms with Gasteiger partial charge in [-0.1, -0.05) is 0 Å².